The van der Waals surface area contributed by atoms with Gasteiger partial charge in [-0.1, -0.05) is 0 Å². The molecule has 1 atom stereocenters. The van der Waals surface area contributed by atoms with Crippen molar-refractivity contribution in [2.75, 3.05) is 26.4 Å². The highest BCUT2D eigenvalue weighted by Gasteiger charge is 2.29. The van der Waals surface area contributed by atoms with Crippen molar-refractivity contribution in [2.24, 2.45) is 7.05 Å². The van der Waals surface area contributed by atoms with Crippen molar-refractivity contribution in [2.45, 2.75) is 13.0 Å². The molecule has 1 aromatic rings. The molecule has 1 aliphatic heterocycles. The number of ether oxygens (including phenoxy) is 1. The highest BCUT2D eigenvalue weighted by atomic mass is 16.5. The molecule has 17 heavy (non-hydrogen) atoms. The topological polar surface area (TPSA) is 67.6 Å². The number of rotatable bonds is 2. The van der Waals surface area contributed by atoms with E-state index in [4.69, 9.17) is 4.74 Å². The molecule has 1 aromatic heterocycles. The molecule has 1 fully saturated rings. The smallest absolute Gasteiger partial charge is 0.257 e. The van der Waals surface area contributed by atoms with E-state index in [-0.39, 0.29) is 18.6 Å². The van der Waals surface area contributed by atoms with Crippen LogP contribution in [0.25, 0.3) is 0 Å². The van der Waals surface area contributed by atoms with Crippen molar-refractivity contribution in [3.8, 4) is 0 Å². The van der Waals surface area contributed by atoms with Gasteiger partial charge in [-0.05, 0) is 6.92 Å². The summed E-state index contributed by atoms with van der Waals surface area (Å²) in [6, 6.07) is -0.254. The van der Waals surface area contributed by atoms with Crippen LogP contribution in [0.5, 0.6) is 0 Å². The molecule has 0 aromatic carbocycles. The first-order valence-electron chi connectivity index (χ1n) is 5.63. The van der Waals surface area contributed by atoms with Crippen molar-refractivity contribution in [3.63, 3.8) is 0 Å². The predicted molar refractivity (Wildman–Crippen MR) is 60.7 cm³/mol. The van der Waals surface area contributed by atoms with Gasteiger partial charge >= 0.3 is 0 Å². The zero-order chi connectivity index (χ0) is 12.4. The maximum atomic E-state index is 12.3. The summed E-state index contributed by atoms with van der Waals surface area (Å²) in [5, 5.41) is 13.3. The van der Waals surface area contributed by atoms with E-state index in [2.05, 4.69) is 5.10 Å². The fraction of sp³-hybridized carbons (Fsp3) is 0.636. The first kappa shape index (κ1) is 12.1. The highest BCUT2D eigenvalue weighted by molar-refractivity contribution is 5.95. The minimum atomic E-state index is -0.254. The Morgan fingerprint density at radius 2 is 2.47 bits per heavy atom. The van der Waals surface area contributed by atoms with Crippen molar-refractivity contribution < 1.29 is 14.6 Å². The second-order valence-corrected chi connectivity index (χ2v) is 4.18. The van der Waals surface area contributed by atoms with E-state index < -0.39 is 0 Å². The van der Waals surface area contributed by atoms with Crippen molar-refractivity contribution in [3.05, 3.63) is 17.5 Å². The lowest BCUT2D eigenvalue weighted by Crippen LogP contribution is -2.50. The van der Waals surface area contributed by atoms with Crippen LogP contribution in [0, 0.1) is 6.92 Å². The molecule has 2 rings (SSSR count). The lowest BCUT2D eigenvalue weighted by molar-refractivity contribution is -0.0184. The van der Waals surface area contributed by atoms with E-state index in [1.54, 1.807) is 22.8 Å². The van der Waals surface area contributed by atoms with E-state index in [0.29, 0.717) is 25.3 Å². The summed E-state index contributed by atoms with van der Waals surface area (Å²) >= 11 is 0. The average molecular weight is 239 g/mol. The Hall–Kier alpha value is -1.40. The predicted octanol–water partition coefficient (Wildman–Crippen LogP) is -0.438. The van der Waals surface area contributed by atoms with Gasteiger partial charge in [0.2, 0.25) is 0 Å². The Labute approximate surface area is 99.8 Å². The Kier molecular flexibility index (Phi) is 3.44. The van der Waals surface area contributed by atoms with Gasteiger partial charge in [0, 0.05) is 19.3 Å². The van der Waals surface area contributed by atoms with Crippen LogP contribution >= 0.6 is 0 Å². The van der Waals surface area contributed by atoms with Gasteiger partial charge in [-0.2, -0.15) is 5.10 Å². The molecule has 1 unspecified atom stereocenters. The van der Waals surface area contributed by atoms with E-state index in [1.165, 1.54) is 0 Å². The van der Waals surface area contributed by atoms with Crippen LogP contribution in [0.3, 0.4) is 0 Å². The average Bonchev–Trinajstić information content (AvgIpc) is 2.69. The molecule has 2 heterocycles. The monoisotopic (exact) mass is 239 g/mol. The van der Waals surface area contributed by atoms with Crippen molar-refractivity contribution in [1.29, 1.82) is 0 Å². The molecule has 1 amide bonds. The van der Waals surface area contributed by atoms with Crippen molar-refractivity contribution >= 4 is 5.91 Å². The summed E-state index contributed by atoms with van der Waals surface area (Å²) in [5.74, 6) is -0.0852. The minimum absolute atomic E-state index is 0.0783. The number of aliphatic hydroxyl groups is 1. The summed E-state index contributed by atoms with van der Waals surface area (Å²) < 4.78 is 6.92. The number of carbonyl (C=O) groups excluding carboxylic acids is 1. The number of aromatic nitrogens is 2. The number of hydrogen-bond acceptors (Lipinski definition) is 4. The fourth-order valence-corrected chi connectivity index (χ4v) is 1.94. The first-order chi connectivity index (χ1) is 8.15. The largest absolute Gasteiger partial charge is 0.394 e. The number of carbonyl (C=O) groups is 1. The molecule has 1 N–H and O–H groups in total. The summed E-state index contributed by atoms with van der Waals surface area (Å²) in [6.07, 6.45) is 1.57. The standard InChI is InChI=1S/C11H17N3O3/c1-8-10(5-12-13(8)2)11(16)14-3-4-17-7-9(14)6-15/h5,9,15H,3-4,6-7H2,1-2H3. The second kappa shape index (κ2) is 4.85. The number of nitrogens with zero attached hydrogens (tertiary/aromatic N) is 3. The zero-order valence-electron chi connectivity index (χ0n) is 10.1. The quantitative estimate of drug-likeness (QED) is 0.760. The fourth-order valence-electron chi connectivity index (χ4n) is 1.94. The SMILES string of the molecule is Cc1c(C(=O)N2CCOCC2CO)cnn1C. The van der Waals surface area contributed by atoms with E-state index >= 15 is 0 Å². The zero-order valence-corrected chi connectivity index (χ0v) is 10.1. The molecule has 1 saturated heterocycles. The van der Waals surface area contributed by atoms with Gasteiger partial charge < -0.3 is 14.7 Å². The molecule has 0 spiro atoms. The molecule has 6 heteroatoms. The summed E-state index contributed by atoms with van der Waals surface area (Å²) in [6.45, 7) is 3.20. The van der Waals surface area contributed by atoms with Crippen LogP contribution < -0.4 is 0 Å². The van der Waals surface area contributed by atoms with Gasteiger partial charge in [-0.25, -0.2) is 0 Å². The Morgan fingerprint density at radius 3 is 3.06 bits per heavy atom. The molecule has 0 bridgehead atoms. The molecular weight excluding hydrogens is 222 g/mol. The molecule has 1 aliphatic rings. The van der Waals surface area contributed by atoms with Gasteiger partial charge in [0.1, 0.15) is 0 Å². The van der Waals surface area contributed by atoms with E-state index in [1.807, 2.05) is 6.92 Å². The maximum absolute atomic E-state index is 12.3. The summed E-state index contributed by atoms with van der Waals surface area (Å²) in [5.41, 5.74) is 1.42. The molecule has 0 saturated carbocycles. The molecule has 6 nitrogen and oxygen atoms in total. The van der Waals surface area contributed by atoms with Crippen LogP contribution in [0.1, 0.15) is 16.1 Å². The Balaban J connectivity index is 2.21. The Morgan fingerprint density at radius 1 is 1.71 bits per heavy atom. The number of aryl methyl sites for hydroxylation is 1. The van der Waals surface area contributed by atoms with Gasteiger partial charge in [0.25, 0.3) is 5.91 Å². The molecule has 0 radical (unpaired) electrons. The molecule has 0 aliphatic carbocycles. The van der Waals surface area contributed by atoms with E-state index in [9.17, 15) is 9.90 Å². The second-order valence-electron chi connectivity index (χ2n) is 4.18. The first-order valence-corrected chi connectivity index (χ1v) is 5.63. The van der Waals surface area contributed by atoms with Gasteiger partial charge in [-0.15, -0.1) is 0 Å². The summed E-state index contributed by atoms with van der Waals surface area (Å²) in [4.78, 5) is 14.0. The third-order valence-electron chi connectivity index (χ3n) is 3.16. The Bertz CT molecular complexity index is 416. The number of amides is 1. The van der Waals surface area contributed by atoms with Gasteiger partial charge in [0.15, 0.2) is 0 Å². The highest BCUT2D eigenvalue weighted by Crippen LogP contribution is 2.14. The number of morpholine rings is 1. The number of aliphatic hydroxyl groups excluding tert-OH is 1. The van der Waals surface area contributed by atoms with Crippen LogP contribution in [0.15, 0.2) is 6.20 Å². The third kappa shape index (κ3) is 2.18. The van der Waals surface area contributed by atoms with E-state index in [0.717, 1.165) is 5.69 Å². The molecule has 94 valence electrons. The van der Waals surface area contributed by atoms with Crippen molar-refractivity contribution in [1.82, 2.24) is 14.7 Å². The lowest BCUT2D eigenvalue weighted by Gasteiger charge is -2.34. The van der Waals surface area contributed by atoms with Crippen LogP contribution in [-0.2, 0) is 11.8 Å². The van der Waals surface area contributed by atoms with Crippen LogP contribution in [0.2, 0.25) is 0 Å². The third-order valence-corrected chi connectivity index (χ3v) is 3.16. The normalized spacial score (nSPS) is 20.6. The summed E-state index contributed by atoms with van der Waals surface area (Å²) in [7, 11) is 1.80. The van der Waals surface area contributed by atoms with Crippen LogP contribution in [0.4, 0.5) is 0 Å². The number of hydrogen-bond donors (Lipinski definition) is 1. The lowest BCUT2D eigenvalue weighted by atomic mass is 10.1. The van der Waals surface area contributed by atoms with Crippen LogP contribution in [-0.4, -0.2) is 58.1 Å². The van der Waals surface area contributed by atoms with Gasteiger partial charge in [0.05, 0.1) is 37.6 Å². The minimum Gasteiger partial charge on any atom is -0.394 e. The maximum Gasteiger partial charge on any atom is 0.257 e. The van der Waals surface area contributed by atoms with Gasteiger partial charge in [-0.3, -0.25) is 9.48 Å². The molecular formula is C11H17N3O3.